The van der Waals surface area contributed by atoms with Crippen LogP contribution in [0.2, 0.25) is 0 Å². The normalized spacial score (nSPS) is 33.7. The third-order valence-corrected chi connectivity index (χ3v) is 8.68. The Morgan fingerprint density at radius 3 is 2.32 bits per heavy atom. The summed E-state index contributed by atoms with van der Waals surface area (Å²) < 4.78 is 6.86. The fraction of sp³-hybridized carbons (Fsp3) is 0.567. The van der Waals surface area contributed by atoms with Crippen molar-refractivity contribution in [3.63, 3.8) is 0 Å². The van der Waals surface area contributed by atoms with E-state index in [1.54, 1.807) is 9.80 Å². The largest absolute Gasteiger partial charge is 0.394 e. The quantitative estimate of drug-likeness (QED) is 0.602. The molecular formula is C30H39N3O5. The van der Waals surface area contributed by atoms with Crippen molar-refractivity contribution in [2.45, 2.75) is 76.4 Å². The van der Waals surface area contributed by atoms with Crippen molar-refractivity contribution in [2.75, 3.05) is 19.7 Å². The van der Waals surface area contributed by atoms with Gasteiger partial charge in [0.05, 0.1) is 30.1 Å². The van der Waals surface area contributed by atoms with Gasteiger partial charge in [0.2, 0.25) is 17.7 Å². The van der Waals surface area contributed by atoms with Crippen LogP contribution >= 0.6 is 0 Å². The molecular weight excluding hydrogens is 482 g/mol. The number of ether oxygens (including phenoxy) is 1. The molecule has 1 aromatic rings. The number of carbonyl (C=O) groups is 3. The highest BCUT2D eigenvalue weighted by Gasteiger charge is 2.75. The third-order valence-electron chi connectivity index (χ3n) is 8.68. The van der Waals surface area contributed by atoms with Crippen molar-refractivity contribution in [3.05, 3.63) is 60.2 Å². The lowest BCUT2D eigenvalue weighted by Gasteiger charge is -2.42. The summed E-state index contributed by atoms with van der Waals surface area (Å²) in [6, 6.07) is 8.25. The van der Waals surface area contributed by atoms with Crippen molar-refractivity contribution in [2.24, 2.45) is 11.8 Å². The summed E-state index contributed by atoms with van der Waals surface area (Å²) in [7, 11) is 0. The minimum atomic E-state index is -1.31. The predicted molar refractivity (Wildman–Crippen MR) is 143 cm³/mol. The van der Waals surface area contributed by atoms with Gasteiger partial charge in [0.25, 0.3) is 0 Å². The zero-order valence-electron chi connectivity index (χ0n) is 23.0. The van der Waals surface area contributed by atoms with Crippen LogP contribution in [0.3, 0.4) is 0 Å². The van der Waals surface area contributed by atoms with Crippen LogP contribution in [-0.2, 0) is 25.7 Å². The Bertz CT molecular complexity index is 1170. The average Bonchev–Trinajstić information content (AvgIpc) is 3.13. The van der Waals surface area contributed by atoms with Gasteiger partial charge in [-0.2, -0.15) is 0 Å². The lowest BCUT2D eigenvalue weighted by atomic mass is 9.74. The first-order valence-corrected chi connectivity index (χ1v) is 13.6. The highest BCUT2D eigenvalue weighted by atomic mass is 16.5. The smallest absolute Gasteiger partial charge is 0.249 e. The molecule has 4 aliphatic heterocycles. The number of fused-ring (bicyclic) bond motifs is 2. The van der Waals surface area contributed by atoms with Gasteiger partial charge in [0, 0.05) is 25.2 Å². The van der Waals surface area contributed by atoms with Crippen LogP contribution in [0, 0.1) is 11.8 Å². The molecule has 4 heterocycles. The summed E-state index contributed by atoms with van der Waals surface area (Å²) in [6.45, 7) is 10.6. The molecule has 0 radical (unpaired) electrons. The van der Waals surface area contributed by atoms with Gasteiger partial charge in [-0.1, -0.05) is 61.6 Å². The molecule has 38 heavy (non-hydrogen) atoms. The lowest BCUT2D eigenvalue weighted by molar-refractivity contribution is -0.158. The lowest BCUT2D eigenvalue weighted by Crippen LogP contribution is -2.61. The minimum absolute atomic E-state index is 0.160. The molecule has 8 heteroatoms. The van der Waals surface area contributed by atoms with Gasteiger partial charge in [0.15, 0.2) is 0 Å². The molecule has 2 saturated heterocycles. The van der Waals surface area contributed by atoms with Crippen molar-refractivity contribution in [3.8, 4) is 0 Å². The fourth-order valence-corrected chi connectivity index (χ4v) is 6.87. The zero-order chi connectivity index (χ0) is 27.5. The van der Waals surface area contributed by atoms with Crippen LogP contribution in [-0.4, -0.2) is 86.0 Å². The Kier molecular flexibility index (Phi) is 6.55. The molecule has 8 nitrogen and oxygen atoms in total. The van der Waals surface area contributed by atoms with Gasteiger partial charge in [0.1, 0.15) is 11.6 Å². The van der Waals surface area contributed by atoms with E-state index in [0.29, 0.717) is 26.1 Å². The number of hydrogen-bond acceptors (Lipinski definition) is 5. The summed E-state index contributed by atoms with van der Waals surface area (Å²) in [6.07, 6.45) is 8.07. The topological polar surface area (TPSA) is 90.4 Å². The molecule has 5 rings (SSSR count). The number of aliphatic hydroxyl groups is 1. The van der Waals surface area contributed by atoms with Crippen LogP contribution in [0.4, 0.5) is 0 Å². The highest BCUT2D eigenvalue weighted by Crippen LogP contribution is 2.58. The van der Waals surface area contributed by atoms with E-state index in [1.165, 1.54) is 4.90 Å². The monoisotopic (exact) mass is 521 g/mol. The van der Waals surface area contributed by atoms with Gasteiger partial charge >= 0.3 is 0 Å². The summed E-state index contributed by atoms with van der Waals surface area (Å²) in [5.74, 6) is -2.37. The van der Waals surface area contributed by atoms with E-state index in [-0.39, 0.29) is 24.3 Å². The maximum absolute atomic E-state index is 14.4. The molecule has 204 valence electrons. The molecule has 1 aromatic carbocycles. The maximum atomic E-state index is 14.4. The van der Waals surface area contributed by atoms with E-state index in [4.69, 9.17) is 4.74 Å². The van der Waals surface area contributed by atoms with Crippen LogP contribution in [0.5, 0.6) is 0 Å². The van der Waals surface area contributed by atoms with Gasteiger partial charge < -0.3 is 24.5 Å². The van der Waals surface area contributed by atoms with Crippen LogP contribution in [0.1, 0.15) is 46.6 Å². The van der Waals surface area contributed by atoms with E-state index in [0.717, 1.165) is 5.56 Å². The molecule has 0 bridgehead atoms. The Balaban J connectivity index is 1.63. The Labute approximate surface area is 224 Å². The SMILES string of the molecule is CC[C@@H](CO)N1C(=O)[C@@H]2[C@@H]3C(=O)N(Cc4ccccc4)CC=C[C@]3(C)O[C@@]23C=CCN(C(C)(C)C)C(=O)C13. The van der Waals surface area contributed by atoms with E-state index in [1.807, 2.05) is 89.3 Å². The van der Waals surface area contributed by atoms with Crippen LogP contribution < -0.4 is 0 Å². The number of likely N-dealkylation sites (tertiary alicyclic amines) is 1. The molecule has 0 aliphatic carbocycles. The van der Waals surface area contributed by atoms with E-state index >= 15 is 0 Å². The maximum Gasteiger partial charge on any atom is 0.249 e. The minimum Gasteiger partial charge on any atom is -0.394 e. The molecule has 4 aliphatic rings. The Morgan fingerprint density at radius 2 is 1.68 bits per heavy atom. The van der Waals surface area contributed by atoms with E-state index in [2.05, 4.69) is 0 Å². The molecule has 2 fully saturated rings. The molecule has 0 saturated carbocycles. The molecule has 1 spiro atoms. The molecule has 1 N–H and O–H groups in total. The van der Waals surface area contributed by atoms with Crippen LogP contribution in [0.25, 0.3) is 0 Å². The van der Waals surface area contributed by atoms with Crippen molar-refractivity contribution < 1.29 is 24.2 Å². The second kappa shape index (κ2) is 9.35. The van der Waals surface area contributed by atoms with Crippen molar-refractivity contribution >= 4 is 17.7 Å². The van der Waals surface area contributed by atoms with Crippen molar-refractivity contribution in [1.29, 1.82) is 0 Å². The zero-order valence-corrected chi connectivity index (χ0v) is 23.0. The third kappa shape index (κ3) is 3.92. The number of benzene rings is 1. The number of amides is 3. The van der Waals surface area contributed by atoms with Gasteiger partial charge in [-0.3, -0.25) is 14.4 Å². The number of rotatable bonds is 5. The number of carbonyl (C=O) groups excluding carboxylic acids is 3. The van der Waals surface area contributed by atoms with Gasteiger partial charge in [-0.25, -0.2) is 0 Å². The second-order valence-electron chi connectivity index (χ2n) is 12.1. The van der Waals surface area contributed by atoms with Gasteiger partial charge in [-0.05, 0) is 39.7 Å². The Hall–Kier alpha value is -2.97. The molecule has 6 atom stereocenters. The summed E-state index contributed by atoms with van der Waals surface area (Å²) in [4.78, 5) is 48.0. The number of nitrogens with zero attached hydrogens (tertiary/aromatic N) is 3. The first kappa shape index (κ1) is 26.6. The summed E-state index contributed by atoms with van der Waals surface area (Å²) in [5, 5.41) is 10.3. The summed E-state index contributed by atoms with van der Waals surface area (Å²) >= 11 is 0. The Morgan fingerprint density at radius 1 is 1.00 bits per heavy atom. The van der Waals surface area contributed by atoms with Gasteiger partial charge in [-0.15, -0.1) is 0 Å². The molecule has 1 unspecified atom stereocenters. The average molecular weight is 522 g/mol. The number of aliphatic hydroxyl groups excluding tert-OH is 1. The molecule has 3 amide bonds. The summed E-state index contributed by atoms with van der Waals surface area (Å²) in [5.41, 5.74) is -1.86. The van der Waals surface area contributed by atoms with E-state index < -0.39 is 40.7 Å². The second-order valence-corrected chi connectivity index (χ2v) is 12.1. The first-order chi connectivity index (χ1) is 18.0. The standard InChI is InChI=1S/C30H39N3O5/c1-6-21(19-34)33-24-27(37)32(28(2,3)4)17-11-15-30(24)23(26(33)36)22-25(35)31(16-10-14-29(22,5)38-30)18-20-12-8-7-9-13-20/h7-15,21-24,34H,6,16-19H2,1-5H3/t21-,22+,23-,24?,29-,30-/m0/s1. The number of hydrogen-bond donors (Lipinski definition) is 1. The molecule has 0 aromatic heterocycles. The fourth-order valence-electron chi connectivity index (χ4n) is 6.87. The van der Waals surface area contributed by atoms with Crippen LogP contribution in [0.15, 0.2) is 54.6 Å². The predicted octanol–water partition coefficient (Wildman–Crippen LogP) is 2.52. The van der Waals surface area contributed by atoms with Crippen molar-refractivity contribution in [1.82, 2.24) is 14.7 Å². The highest BCUT2D eigenvalue weighted by molar-refractivity contribution is 6.00. The van der Waals surface area contributed by atoms with E-state index in [9.17, 15) is 19.5 Å². The first-order valence-electron chi connectivity index (χ1n) is 13.6.